The summed E-state index contributed by atoms with van der Waals surface area (Å²) >= 11 is 3.08. The summed E-state index contributed by atoms with van der Waals surface area (Å²) in [4.78, 5) is 24.0. The first kappa shape index (κ1) is 19.4. The maximum absolute atomic E-state index is 12.5. The summed E-state index contributed by atoms with van der Waals surface area (Å²) in [5.41, 5.74) is 0. The van der Waals surface area contributed by atoms with E-state index in [1.54, 1.807) is 27.7 Å². The zero-order chi connectivity index (χ0) is 15.4. The normalized spacial score (nSPS) is 13.9. The molecule has 0 aromatic heterocycles. The van der Waals surface area contributed by atoms with Gasteiger partial charge >= 0.3 is 5.97 Å². The third kappa shape index (κ3) is 7.71. The van der Waals surface area contributed by atoms with Gasteiger partial charge in [-0.2, -0.15) is 0 Å². The lowest BCUT2D eigenvalue weighted by Crippen LogP contribution is -2.37. The molecule has 0 saturated carbocycles. The van der Waals surface area contributed by atoms with Crippen molar-refractivity contribution in [3.05, 3.63) is 0 Å². The van der Waals surface area contributed by atoms with Gasteiger partial charge in [0.25, 0.3) is 5.91 Å². The van der Waals surface area contributed by atoms with Gasteiger partial charge in [-0.05, 0) is 0 Å². The number of hydrogen-bond acceptors (Lipinski definition) is 4. The molecular weight excluding hydrogens is 396 g/mol. The SMILES string of the molecule is CN(C(=O)C(CC(=O)OI)SC(C)(C)C)[P+](C)(C)C. The van der Waals surface area contributed by atoms with Gasteiger partial charge in [-0.25, -0.2) is 4.67 Å². The molecule has 0 fully saturated rings. The van der Waals surface area contributed by atoms with Crippen LogP contribution in [-0.4, -0.2) is 53.6 Å². The number of amides is 1. The molecule has 0 bridgehead atoms. The highest BCUT2D eigenvalue weighted by Crippen LogP contribution is 2.50. The monoisotopic (exact) mass is 420 g/mol. The minimum Gasteiger partial charge on any atom is -0.394 e. The number of halogens is 1. The number of rotatable bonds is 5. The molecule has 0 rings (SSSR count). The van der Waals surface area contributed by atoms with E-state index >= 15 is 0 Å². The van der Waals surface area contributed by atoms with Crippen molar-refractivity contribution >= 4 is 54.1 Å². The zero-order valence-corrected chi connectivity index (χ0v) is 16.6. The van der Waals surface area contributed by atoms with E-state index in [2.05, 4.69) is 23.1 Å². The molecule has 19 heavy (non-hydrogen) atoms. The standard InChI is InChI=1S/C12H24INO3PS/c1-12(2,3)19-9(8-10(15)17-13)11(16)14(4)18(5,6)7/h9H,8H2,1-7H3/q+1. The molecule has 0 aliphatic rings. The fourth-order valence-electron chi connectivity index (χ4n) is 1.29. The summed E-state index contributed by atoms with van der Waals surface area (Å²) in [5.74, 6) is -0.334. The third-order valence-corrected chi connectivity index (χ3v) is 6.28. The van der Waals surface area contributed by atoms with Crippen LogP contribution in [0.3, 0.4) is 0 Å². The average Bonchev–Trinajstić information content (AvgIpc) is 2.22. The highest BCUT2D eigenvalue weighted by atomic mass is 127. The summed E-state index contributed by atoms with van der Waals surface area (Å²) in [7, 11) is 0.404. The van der Waals surface area contributed by atoms with E-state index in [4.69, 9.17) is 0 Å². The molecule has 1 atom stereocenters. The van der Waals surface area contributed by atoms with E-state index < -0.39 is 7.41 Å². The zero-order valence-electron chi connectivity index (χ0n) is 12.7. The lowest BCUT2D eigenvalue weighted by molar-refractivity contribution is -0.134. The Bertz CT molecular complexity index is 339. The van der Waals surface area contributed by atoms with Gasteiger partial charge in [-0.1, -0.05) is 20.8 Å². The van der Waals surface area contributed by atoms with Gasteiger partial charge in [0.1, 0.15) is 0 Å². The first-order valence-corrected chi connectivity index (χ1v) is 10.8. The molecule has 0 aromatic carbocycles. The van der Waals surface area contributed by atoms with Crippen molar-refractivity contribution in [1.82, 2.24) is 4.67 Å². The van der Waals surface area contributed by atoms with Gasteiger partial charge in [0.05, 0.1) is 39.1 Å². The second kappa shape index (κ2) is 7.46. The minimum atomic E-state index is -1.42. The van der Waals surface area contributed by atoms with Crippen molar-refractivity contribution in [1.29, 1.82) is 0 Å². The van der Waals surface area contributed by atoms with Crippen LogP contribution in [0.15, 0.2) is 0 Å². The molecule has 0 radical (unpaired) electrons. The van der Waals surface area contributed by atoms with Gasteiger partial charge in [-0.15, -0.1) is 11.8 Å². The van der Waals surface area contributed by atoms with E-state index in [-0.39, 0.29) is 28.3 Å². The third-order valence-electron chi connectivity index (χ3n) is 2.43. The Labute approximate surface area is 135 Å². The topological polar surface area (TPSA) is 46.6 Å². The molecule has 1 unspecified atom stereocenters. The maximum atomic E-state index is 12.5. The summed E-state index contributed by atoms with van der Waals surface area (Å²) in [5, 5.41) is -0.383. The molecule has 0 aromatic rings. The fraction of sp³-hybridized carbons (Fsp3) is 0.833. The maximum Gasteiger partial charge on any atom is 0.316 e. The second-order valence-corrected chi connectivity index (χ2v) is 13.1. The predicted molar refractivity (Wildman–Crippen MR) is 93.3 cm³/mol. The number of carbonyl (C=O) groups excluding carboxylic acids is 2. The summed E-state index contributed by atoms with van der Waals surface area (Å²) in [6.45, 7) is 12.4. The predicted octanol–water partition coefficient (Wildman–Crippen LogP) is 3.45. The highest BCUT2D eigenvalue weighted by molar-refractivity contribution is 14.1. The quantitative estimate of drug-likeness (QED) is 0.505. The van der Waals surface area contributed by atoms with Crippen LogP contribution in [0, 0.1) is 0 Å². The van der Waals surface area contributed by atoms with E-state index in [1.165, 1.54) is 11.8 Å². The van der Waals surface area contributed by atoms with Gasteiger partial charge in [-0.3, -0.25) is 9.59 Å². The highest BCUT2D eigenvalue weighted by Gasteiger charge is 2.37. The lowest BCUT2D eigenvalue weighted by atomic mass is 10.2. The second-order valence-electron chi connectivity index (χ2n) is 6.18. The average molecular weight is 420 g/mol. The fourth-order valence-corrected chi connectivity index (χ4v) is 3.61. The molecule has 1 amide bonds. The van der Waals surface area contributed by atoms with Crippen LogP contribution in [0.4, 0.5) is 0 Å². The first-order chi connectivity index (χ1) is 8.38. The van der Waals surface area contributed by atoms with Crippen LogP contribution < -0.4 is 0 Å². The van der Waals surface area contributed by atoms with Gasteiger partial charge in [0, 0.05) is 11.8 Å². The molecule has 0 saturated heterocycles. The van der Waals surface area contributed by atoms with Crippen LogP contribution in [-0.2, 0) is 12.7 Å². The molecule has 0 spiro atoms. The first-order valence-electron chi connectivity index (χ1n) is 5.97. The molecule has 0 aliphatic heterocycles. The Morgan fingerprint density at radius 1 is 1.32 bits per heavy atom. The van der Waals surface area contributed by atoms with Crippen LogP contribution >= 0.6 is 42.2 Å². The number of hydrogen-bond donors (Lipinski definition) is 0. The molecule has 0 N–H and O–H groups in total. The van der Waals surface area contributed by atoms with Crippen molar-refractivity contribution in [2.45, 2.75) is 37.2 Å². The van der Waals surface area contributed by atoms with Gasteiger partial charge < -0.3 is 3.07 Å². The molecule has 112 valence electrons. The van der Waals surface area contributed by atoms with Crippen LogP contribution in [0.25, 0.3) is 0 Å². The molecule has 7 heteroatoms. The van der Waals surface area contributed by atoms with E-state index in [1.807, 2.05) is 27.8 Å². The molecule has 0 heterocycles. The van der Waals surface area contributed by atoms with Crippen molar-refractivity contribution in [3.63, 3.8) is 0 Å². The number of thioether (sulfide) groups is 1. The summed E-state index contributed by atoms with van der Waals surface area (Å²) < 4.78 is 6.39. The van der Waals surface area contributed by atoms with Crippen LogP contribution in [0.2, 0.25) is 0 Å². The lowest BCUT2D eigenvalue weighted by Gasteiger charge is -2.30. The van der Waals surface area contributed by atoms with Crippen LogP contribution in [0.1, 0.15) is 27.2 Å². The van der Waals surface area contributed by atoms with Gasteiger partial charge in [0.2, 0.25) is 0 Å². The Morgan fingerprint density at radius 3 is 2.11 bits per heavy atom. The Balaban J connectivity index is 5.02. The summed E-state index contributed by atoms with van der Waals surface area (Å²) in [6, 6.07) is 0. The van der Waals surface area contributed by atoms with Crippen molar-refractivity contribution in [2.24, 2.45) is 0 Å². The molecule has 4 nitrogen and oxygen atoms in total. The number of carbonyl (C=O) groups is 2. The largest absolute Gasteiger partial charge is 0.394 e. The minimum absolute atomic E-state index is 0.0163. The van der Waals surface area contributed by atoms with Crippen LogP contribution in [0.5, 0.6) is 0 Å². The van der Waals surface area contributed by atoms with Crippen molar-refractivity contribution < 1.29 is 12.7 Å². The van der Waals surface area contributed by atoms with E-state index in [0.29, 0.717) is 0 Å². The Hall–Kier alpha value is 0.450. The number of nitrogens with zero attached hydrogens (tertiary/aromatic N) is 1. The van der Waals surface area contributed by atoms with Gasteiger partial charge in [0.15, 0.2) is 23.0 Å². The van der Waals surface area contributed by atoms with E-state index in [0.717, 1.165) is 0 Å². The smallest absolute Gasteiger partial charge is 0.316 e. The Morgan fingerprint density at radius 2 is 1.79 bits per heavy atom. The van der Waals surface area contributed by atoms with E-state index in [9.17, 15) is 9.59 Å². The Kier molecular flexibility index (Phi) is 7.63. The molecular formula is C12H24INO3PS+. The summed E-state index contributed by atoms with van der Waals surface area (Å²) in [6.07, 6.45) is 0.119. The van der Waals surface area contributed by atoms with Crippen molar-refractivity contribution in [3.8, 4) is 0 Å². The van der Waals surface area contributed by atoms with Crippen molar-refractivity contribution in [2.75, 3.05) is 27.0 Å². The molecule has 0 aliphatic carbocycles.